The van der Waals surface area contributed by atoms with Crippen molar-refractivity contribution in [3.8, 4) is 5.69 Å². The van der Waals surface area contributed by atoms with E-state index >= 15 is 0 Å². The molecule has 0 spiro atoms. The van der Waals surface area contributed by atoms with Crippen molar-refractivity contribution < 1.29 is 4.39 Å². The average molecular weight is 293 g/mol. The first-order chi connectivity index (χ1) is 9.09. The molecule has 19 heavy (non-hydrogen) atoms. The number of aromatic amines is 1. The molecule has 0 saturated carbocycles. The minimum atomic E-state index is -0.322. The molecule has 96 valence electrons. The van der Waals surface area contributed by atoms with Crippen molar-refractivity contribution >= 4 is 34.9 Å². The monoisotopic (exact) mass is 292 g/mol. The molecular weight excluding hydrogens is 283 g/mol. The molecule has 3 aromatic rings. The molecule has 2 aromatic carbocycles. The number of hydrogen-bond acceptors (Lipinski definition) is 1. The van der Waals surface area contributed by atoms with Gasteiger partial charge in [0.2, 0.25) is 0 Å². The van der Waals surface area contributed by atoms with Crippen LogP contribution in [0, 0.1) is 17.5 Å². The van der Waals surface area contributed by atoms with Gasteiger partial charge in [-0.1, -0.05) is 29.8 Å². The zero-order valence-corrected chi connectivity index (χ0v) is 11.6. The summed E-state index contributed by atoms with van der Waals surface area (Å²) in [4.78, 5) is 3.05. The largest absolute Gasteiger partial charge is 0.330 e. The molecule has 0 fully saturated rings. The molecule has 2 nitrogen and oxygen atoms in total. The molecule has 1 N–H and O–H groups in total. The van der Waals surface area contributed by atoms with E-state index in [1.165, 1.54) is 6.07 Å². The molecule has 0 aliphatic carbocycles. The van der Waals surface area contributed by atoms with Crippen LogP contribution in [0.25, 0.3) is 16.7 Å². The maximum absolute atomic E-state index is 14.1. The van der Waals surface area contributed by atoms with Gasteiger partial charge < -0.3 is 4.98 Å². The Hall–Kier alpha value is -1.65. The summed E-state index contributed by atoms with van der Waals surface area (Å²) in [6.07, 6.45) is 0. The Labute approximate surface area is 119 Å². The summed E-state index contributed by atoms with van der Waals surface area (Å²) in [6.45, 7) is 1.84. The Morgan fingerprint density at radius 1 is 1.21 bits per heavy atom. The number of fused-ring (bicyclic) bond motifs is 1. The zero-order chi connectivity index (χ0) is 13.6. The van der Waals surface area contributed by atoms with Crippen molar-refractivity contribution in [3.05, 3.63) is 57.6 Å². The van der Waals surface area contributed by atoms with Gasteiger partial charge >= 0.3 is 0 Å². The van der Waals surface area contributed by atoms with Crippen LogP contribution < -0.4 is 0 Å². The van der Waals surface area contributed by atoms with Gasteiger partial charge in [-0.2, -0.15) is 0 Å². The second-order valence-electron chi connectivity index (χ2n) is 4.31. The quantitative estimate of drug-likeness (QED) is 0.640. The molecule has 0 aliphatic heterocycles. The summed E-state index contributed by atoms with van der Waals surface area (Å²) in [7, 11) is 0. The third-order valence-electron chi connectivity index (χ3n) is 3.07. The molecular formula is C14H10ClFN2S. The number of nitrogens with one attached hydrogen (secondary N) is 1. The van der Waals surface area contributed by atoms with Crippen LogP contribution >= 0.6 is 23.8 Å². The topological polar surface area (TPSA) is 20.7 Å². The summed E-state index contributed by atoms with van der Waals surface area (Å²) in [5, 5.41) is 0.535. The molecule has 3 rings (SSSR count). The van der Waals surface area contributed by atoms with E-state index in [0.717, 1.165) is 11.1 Å². The second kappa shape index (κ2) is 4.47. The molecule has 0 amide bonds. The lowest BCUT2D eigenvalue weighted by Crippen LogP contribution is -2.01. The van der Waals surface area contributed by atoms with E-state index in [9.17, 15) is 4.39 Å². The molecule has 1 aromatic heterocycles. The molecule has 1 heterocycles. The number of rotatable bonds is 1. The van der Waals surface area contributed by atoms with E-state index in [2.05, 4.69) is 4.98 Å². The van der Waals surface area contributed by atoms with Crippen molar-refractivity contribution in [3.63, 3.8) is 0 Å². The van der Waals surface area contributed by atoms with Crippen LogP contribution in [0.4, 0.5) is 4.39 Å². The number of aromatic nitrogens is 2. The lowest BCUT2D eigenvalue weighted by Gasteiger charge is -2.10. The highest BCUT2D eigenvalue weighted by molar-refractivity contribution is 7.71. The lowest BCUT2D eigenvalue weighted by molar-refractivity contribution is 0.617. The highest BCUT2D eigenvalue weighted by Gasteiger charge is 2.14. The number of nitrogens with zero attached hydrogens (tertiary/aromatic N) is 1. The smallest absolute Gasteiger partial charge is 0.182 e. The van der Waals surface area contributed by atoms with Crippen LogP contribution in [-0.4, -0.2) is 9.55 Å². The third kappa shape index (κ3) is 1.88. The van der Waals surface area contributed by atoms with Crippen LogP contribution in [0.3, 0.4) is 0 Å². The van der Waals surface area contributed by atoms with E-state index < -0.39 is 0 Å². The summed E-state index contributed by atoms with van der Waals surface area (Å²) in [6, 6.07) is 10.4. The zero-order valence-electron chi connectivity index (χ0n) is 10.1. The second-order valence-corrected chi connectivity index (χ2v) is 5.10. The molecule has 0 unspecified atom stereocenters. The molecule has 5 heteroatoms. The summed E-state index contributed by atoms with van der Waals surface area (Å²) in [5.41, 5.74) is 2.73. The Kier molecular flexibility index (Phi) is 2.92. The molecule has 0 radical (unpaired) electrons. The number of H-pyrrole nitrogens is 1. The van der Waals surface area contributed by atoms with Crippen molar-refractivity contribution in [2.45, 2.75) is 6.92 Å². The standard InChI is InChI=1S/C14H10ClFN2S/c1-8-4-2-6-10(16)12(8)18-13-9(15)5-3-7-11(13)17-14(18)19/h2-7H,1H3,(H,17,19). The Morgan fingerprint density at radius 3 is 2.68 bits per heavy atom. The van der Waals surface area contributed by atoms with Crippen molar-refractivity contribution in [1.29, 1.82) is 0 Å². The SMILES string of the molecule is Cc1cccc(F)c1-n1c(=S)[nH]c2cccc(Cl)c21. The van der Waals surface area contributed by atoms with Gasteiger partial charge in [-0.3, -0.25) is 4.57 Å². The van der Waals surface area contributed by atoms with E-state index in [1.807, 2.05) is 25.1 Å². The van der Waals surface area contributed by atoms with Crippen molar-refractivity contribution in [1.82, 2.24) is 9.55 Å². The first-order valence-electron chi connectivity index (χ1n) is 5.74. The molecule has 0 bridgehead atoms. The van der Waals surface area contributed by atoms with E-state index in [1.54, 1.807) is 16.7 Å². The van der Waals surface area contributed by atoms with Gasteiger partial charge in [0.25, 0.3) is 0 Å². The number of hydrogen-bond donors (Lipinski definition) is 1. The normalized spacial score (nSPS) is 11.1. The van der Waals surface area contributed by atoms with E-state index in [0.29, 0.717) is 21.0 Å². The Morgan fingerprint density at radius 2 is 1.95 bits per heavy atom. The van der Waals surface area contributed by atoms with Gasteiger partial charge in [0, 0.05) is 0 Å². The molecule has 0 saturated heterocycles. The highest BCUT2D eigenvalue weighted by Crippen LogP contribution is 2.29. The van der Waals surface area contributed by atoms with Crippen LogP contribution in [0.15, 0.2) is 36.4 Å². The maximum atomic E-state index is 14.1. The first-order valence-corrected chi connectivity index (χ1v) is 6.53. The maximum Gasteiger partial charge on any atom is 0.182 e. The number of benzene rings is 2. The van der Waals surface area contributed by atoms with Gasteiger partial charge in [0.05, 0.1) is 21.7 Å². The van der Waals surface area contributed by atoms with Gasteiger partial charge in [-0.25, -0.2) is 4.39 Å². The first kappa shape index (κ1) is 12.4. The summed E-state index contributed by atoms with van der Waals surface area (Å²) in [5.74, 6) is -0.322. The van der Waals surface area contributed by atoms with Gasteiger partial charge in [-0.15, -0.1) is 0 Å². The fraction of sp³-hybridized carbons (Fsp3) is 0.0714. The fourth-order valence-corrected chi connectivity index (χ4v) is 2.79. The third-order valence-corrected chi connectivity index (χ3v) is 3.66. The van der Waals surface area contributed by atoms with Crippen LogP contribution in [0.5, 0.6) is 0 Å². The Bertz CT molecular complexity index is 815. The van der Waals surface area contributed by atoms with Gasteiger partial charge in [-0.05, 0) is 42.9 Å². The van der Waals surface area contributed by atoms with Crippen LogP contribution in [0.2, 0.25) is 5.02 Å². The predicted molar refractivity (Wildman–Crippen MR) is 78.2 cm³/mol. The van der Waals surface area contributed by atoms with Crippen molar-refractivity contribution in [2.24, 2.45) is 0 Å². The van der Waals surface area contributed by atoms with Crippen molar-refractivity contribution in [2.75, 3.05) is 0 Å². The number of aryl methyl sites for hydroxylation is 1. The fourth-order valence-electron chi connectivity index (χ4n) is 2.24. The van der Waals surface area contributed by atoms with Crippen LogP contribution in [-0.2, 0) is 0 Å². The average Bonchev–Trinajstić information content (AvgIpc) is 2.67. The van der Waals surface area contributed by atoms with Gasteiger partial charge in [0.15, 0.2) is 4.77 Å². The lowest BCUT2D eigenvalue weighted by atomic mass is 10.2. The number of imidazole rings is 1. The summed E-state index contributed by atoms with van der Waals surface area (Å²) >= 11 is 11.5. The van der Waals surface area contributed by atoms with Gasteiger partial charge in [0.1, 0.15) is 5.82 Å². The molecule has 0 aliphatic rings. The minimum Gasteiger partial charge on any atom is -0.330 e. The molecule has 0 atom stereocenters. The number of para-hydroxylation sites is 2. The van der Waals surface area contributed by atoms with E-state index in [-0.39, 0.29) is 5.82 Å². The highest BCUT2D eigenvalue weighted by atomic mass is 35.5. The van der Waals surface area contributed by atoms with Crippen LogP contribution in [0.1, 0.15) is 5.56 Å². The Balaban J connectivity index is 2.50. The summed E-state index contributed by atoms with van der Waals surface area (Å²) < 4.78 is 16.2. The number of halogens is 2. The minimum absolute atomic E-state index is 0.322. The predicted octanol–water partition coefficient (Wildman–Crippen LogP) is 4.79. The van der Waals surface area contributed by atoms with E-state index in [4.69, 9.17) is 23.8 Å².